The zero-order valence-corrected chi connectivity index (χ0v) is 7.61. The summed E-state index contributed by atoms with van der Waals surface area (Å²) in [6.07, 6.45) is -4.88. The summed E-state index contributed by atoms with van der Waals surface area (Å²) in [5, 5.41) is 0. The highest BCUT2D eigenvalue weighted by Gasteiger charge is 2.25. The Morgan fingerprint density at radius 3 is 2.15 bits per heavy atom. The molecule has 1 N–H and O–H groups in total. The van der Waals surface area contributed by atoms with Crippen LogP contribution in [-0.2, 0) is 10.1 Å². The Balaban J connectivity index is 3.89. The highest BCUT2D eigenvalue weighted by Crippen LogP contribution is 2.12. The Kier molecular flexibility index (Phi) is 5.31. The van der Waals surface area contributed by atoms with E-state index in [1.54, 1.807) is 0 Å². The van der Waals surface area contributed by atoms with Crippen molar-refractivity contribution < 1.29 is 26.1 Å². The van der Waals surface area contributed by atoms with Gasteiger partial charge in [0.05, 0.1) is 6.67 Å². The molecule has 2 unspecified atom stereocenters. The molecule has 7 heteroatoms. The van der Waals surface area contributed by atoms with Gasteiger partial charge in [-0.3, -0.25) is 8.94 Å². The molecule has 2 atom stereocenters. The summed E-state index contributed by atoms with van der Waals surface area (Å²) in [6.45, 7) is -0.779. The first-order valence-corrected chi connectivity index (χ1v) is 5.27. The molecular weight excluding hydrogens is 209 g/mol. The molecule has 0 aromatic heterocycles. The summed E-state index contributed by atoms with van der Waals surface area (Å²) in [5.41, 5.74) is 0. The lowest BCUT2D eigenvalue weighted by Crippen LogP contribution is -2.26. The largest absolute Gasteiger partial charge is 0.285 e. The molecule has 80 valence electrons. The van der Waals surface area contributed by atoms with Gasteiger partial charge in [-0.2, -0.15) is 8.42 Å². The van der Waals surface area contributed by atoms with E-state index in [-0.39, 0.29) is 12.8 Å². The van der Waals surface area contributed by atoms with Gasteiger partial charge in [0.2, 0.25) is 0 Å². The van der Waals surface area contributed by atoms with E-state index in [0.29, 0.717) is 0 Å². The van der Waals surface area contributed by atoms with Gasteiger partial charge in [-0.15, -0.1) is 0 Å². The molecular formula is C6H11F3O3S. The minimum atomic E-state index is -4.50. The summed E-state index contributed by atoms with van der Waals surface area (Å²) in [5.74, 6) is -1.28. The third-order valence-corrected chi connectivity index (χ3v) is 2.12. The maximum Gasteiger partial charge on any atom is 0.267 e. The van der Waals surface area contributed by atoms with Crippen LogP contribution in [0.25, 0.3) is 0 Å². The molecule has 0 saturated heterocycles. The summed E-state index contributed by atoms with van der Waals surface area (Å²) in [6, 6.07) is 0. The molecule has 0 aliphatic carbocycles. The van der Waals surface area contributed by atoms with Crippen LogP contribution >= 0.6 is 0 Å². The second-order valence-electron chi connectivity index (χ2n) is 2.61. The van der Waals surface area contributed by atoms with Crippen LogP contribution in [0.4, 0.5) is 13.2 Å². The number of hydrogen-bond donors (Lipinski definition) is 1. The predicted molar refractivity (Wildman–Crippen MR) is 41.4 cm³/mol. The van der Waals surface area contributed by atoms with E-state index in [1.165, 1.54) is 0 Å². The number of rotatable bonds is 6. The van der Waals surface area contributed by atoms with Crippen LogP contribution in [0, 0.1) is 0 Å². The van der Waals surface area contributed by atoms with E-state index in [0.717, 1.165) is 0 Å². The quantitative estimate of drug-likeness (QED) is 0.686. The third-order valence-electron chi connectivity index (χ3n) is 1.38. The van der Waals surface area contributed by atoms with Crippen LogP contribution < -0.4 is 0 Å². The first-order valence-electron chi connectivity index (χ1n) is 3.66. The molecule has 3 nitrogen and oxygen atoms in total. The molecule has 0 aromatic rings. The zero-order chi connectivity index (χ0) is 10.5. The van der Waals surface area contributed by atoms with E-state index >= 15 is 0 Å². The standard InChI is InChI=1S/C6H11F3O3S/c7-3-1-2-5(8)6(9)4-13(10,11)12/h5-6H,1-4H2,(H,10,11,12). The van der Waals surface area contributed by atoms with Crippen molar-refractivity contribution in [3.8, 4) is 0 Å². The molecule has 0 radical (unpaired) electrons. The lowest BCUT2D eigenvalue weighted by Gasteiger charge is -2.10. The van der Waals surface area contributed by atoms with Gasteiger partial charge in [0.1, 0.15) is 18.1 Å². The summed E-state index contributed by atoms with van der Waals surface area (Å²) in [4.78, 5) is 0. The second kappa shape index (κ2) is 5.43. The molecule has 0 heterocycles. The molecule has 0 aliphatic rings. The third kappa shape index (κ3) is 6.83. The van der Waals surface area contributed by atoms with E-state index < -0.39 is 34.9 Å². The highest BCUT2D eigenvalue weighted by molar-refractivity contribution is 7.85. The monoisotopic (exact) mass is 220 g/mol. The van der Waals surface area contributed by atoms with Crippen LogP contribution in [0.5, 0.6) is 0 Å². The Hall–Kier alpha value is -0.300. The van der Waals surface area contributed by atoms with Crippen molar-refractivity contribution in [2.24, 2.45) is 0 Å². The first-order chi connectivity index (χ1) is 5.87. The molecule has 13 heavy (non-hydrogen) atoms. The van der Waals surface area contributed by atoms with Crippen molar-refractivity contribution in [2.75, 3.05) is 12.4 Å². The Morgan fingerprint density at radius 1 is 1.23 bits per heavy atom. The fourth-order valence-electron chi connectivity index (χ4n) is 0.759. The highest BCUT2D eigenvalue weighted by atomic mass is 32.2. The first kappa shape index (κ1) is 12.7. The normalized spacial score (nSPS) is 16.9. The van der Waals surface area contributed by atoms with Gasteiger partial charge in [0.25, 0.3) is 10.1 Å². The van der Waals surface area contributed by atoms with Gasteiger partial charge in [-0.25, -0.2) is 8.78 Å². The maximum absolute atomic E-state index is 12.6. The van der Waals surface area contributed by atoms with Crippen molar-refractivity contribution in [1.82, 2.24) is 0 Å². The van der Waals surface area contributed by atoms with E-state index in [4.69, 9.17) is 4.55 Å². The fourth-order valence-corrected chi connectivity index (χ4v) is 1.37. The number of halogens is 3. The smallest absolute Gasteiger partial charge is 0.267 e. The van der Waals surface area contributed by atoms with E-state index in [2.05, 4.69) is 0 Å². The Morgan fingerprint density at radius 2 is 1.77 bits per heavy atom. The number of hydrogen-bond acceptors (Lipinski definition) is 2. The van der Waals surface area contributed by atoms with Gasteiger partial charge < -0.3 is 0 Å². The Bertz CT molecular complexity index is 229. The number of alkyl halides is 3. The van der Waals surface area contributed by atoms with Gasteiger partial charge in [-0.1, -0.05) is 0 Å². The molecule has 0 bridgehead atoms. The van der Waals surface area contributed by atoms with Crippen LogP contribution in [-0.4, -0.2) is 37.7 Å². The SMILES string of the molecule is O=S(=O)(O)CC(F)C(F)CCCF. The summed E-state index contributed by atoms with van der Waals surface area (Å²) < 4.78 is 65.0. The predicted octanol–water partition coefficient (Wildman–Crippen LogP) is 1.30. The average Bonchev–Trinajstić information content (AvgIpc) is 1.96. The summed E-state index contributed by atoms with van der Waals surface area (Å²) >= 11 is 0. The van der Waals surface area contributed by atoms with Gasteiger partial charge in [0, 0.05) is 0 Å². The van der Waals surface area contributed by atoms with Crippen LogP contribution in [0.3, 0.4) is 0 Å². The van der Waals surface area contributed by atoms with Gasteiger partial charge >= 0.3 is 0 Å². The average molecular weight is 220 g/mol. The van der Waals surface area contributed by atoms with Crippen molar-refractivity contribution >= 4 is 10.1 Å². The lowest BCUT2D eigenvalue weighted by molar-refractivity contribution is 0.167. The van der Waals surface area contributed by atoms with Gasteiger partial charge in [0.15, 0.2) is 0 Å². The minimum absolute atomic E-state index is 0.160. The lowest BCUT2D eigenvalue weighted by atomic mass is 10.1. The zero-order valence-electron chi connectivity index (χ0n) is 6.79. The van der Waals surface area contributed by atoms with Crippen molar-refractivity contribution in [2.45, 2.75) is 25.2 Å². The van der Waals surface area contributed by atoms with Crippen LogP contribution in [0.1, 0.15) is 12.8 Å². The van der Waals surface area contributed by atoms with Gasteiger partial charge in [-0.05, 0) is 12.8 Å². The molecule has 0 spiro atoms. The molecule has 0 aromatic carbocycles. The Labute approximate surface area is 74.7 Å². The molecule has 0 saturated carbocycles. The van der Waals surface area contributed by atoms with E-state index in [9.17, 15) is 21.6 Å². The summed E-state index contributed by atoms with van der Waals surface area (Å²) in [7, 11) is -4.50. The van der Waals surface area contributed by atoms with Crippen molar-refractivity contribution in [1.29, 1.82) is 0 Å². The maximum atomic E-state index is 12.6. The second-order valence-corrected chi connectivity index (χ2v) is 4.11. The molecule has 0 aliphatic heterocycles. The van der Waals surface area contributed by atoms with Crippen LogP contribution in [0.15, 0.2) is 0 Å². The van der Waals surface area contributed by atoms with Crippen LogP contribution in [0.2, 0.25) is 0 Å². The fraction of sp³-hybridized carbons (Fsp3) is 1.00. The topological polar surface area (TPSA) is 54.4 Å². The minimum Gasteiger partial charge on any atom is -0.285 e. The van der Waals surface area contributed by atoms with E-state index in [1.807, 2.05) is 0 Å². The van der Waals surface area contributed by atoms with Crippen molar-refractivity contribution in [3.05, 3.63) is 0 Å². The van der Waals surface area contributed by atoms with Crippen molar-refractivity contribution in [3.63, 3.8) is 0 Å². The molecule has 0 rings (SSSR count). The molecule has 0 amide bonds. The molecule has 0 fully saturated rings.